The van der Waals surface area contributed by atoms with Gasteiger partial charge in [-0.15, -0.1) is 0 Å². The predicted octanol–water partition coefficient (Wildman–Crippen LogP) is 4.33. The van der Waals surface area contributed by atoms with Crippen molar-refractivity contribution in [3.05, 3.63) is 113 Å². The highest BCUT2D eigenvalue weighted by molar-refractivity contribution is 5.54. The van der Waals surface area contributed by atoms with Crippen LogP contribution in [0.3, 0.4) is 0 Å². The smallest absolute Gasteiger partial charge is 0.350 e. The van der Waals surface area contributed by atoms with Crippen LogP contribution >= 0.6 is 0 Å². The van der Waals surface area contributed by atoms with E-state index in [1.54, 1.807) is 17.9 Å². The lowest BCUT2D eigenvalue weighted by molar-refractivity contribution is -0.0212. The fourth-order valence-corrected chi connectivity index (χ4v) is 7.05. The first-order valence-electron chi connectivity index (χ1n) is 16.9. The number of rotatable bonds is 11. The van der Waals surface area contributed by atoms with E-state index in [1.165, 1.54) is 34.0 Å². The van der Waals surface area contributed by atoms with Crippen LogP contribution in [0.1, 0.15) is 38.3 Å². The number of anilines is 2. The summed E-state index contributed by atoms with van der Waals surface area (Å²) in [5.74, 6) is -0.645. The lowest BCUT2D eigenvalue weighted by atomic mass is 9.89. The molecule has 2 aliphatic heterocycles. The minimum Gasteiger partial charge on any atom is -0.488 e. The number of aliphatic hydroxyl groups excluding tert-OH is 1. The number of hydrogen-bond acceptors (Lipinski definition) is 9. The molecule has 0 spiro atoms. The number of benzene rings is 3. The molecule has 0 unspecified atom stereocenters. The molecule has 3 aromatic carbocycles. The summed E-state index contributed by atoms with van der Waals surface area (Å²) >= 11 is 0. The van der Waals surface area contributed by atoms with Crippen LogP contribution < -0.4 is 20.2 Å². The van der Waals surface area contributed by atoms with Crippen molar-refractivity contribution in [2.24, 2.45) is 0 Å². The van der Waals surface area contributed by atoms with Crippen molar-refractivity contribution in [1.82, 2.24) is 29.1 Å². The molecule has 50 heavy (non-hydrogen) atoms. The Morgan fingerprint density at radius 3 is 2.20 bits per heavy atom. The van der Waals surface area contributed by atoms with Crippen LogP contribution in [-0.2, 0) is 16.9 Å². The van der Waals surface area contributed by atoms with E-state index in [0.29, 0.717) is 18.6 Å². The number of halogens is 2. The summed E-state index contributed by atoms with van der Waals surface area (Å²) in [6.45, 7) is 7.35. The van der Waals surface area contributed by atoms with Gasteiger partial charge in [0.2, 0.25) is 0 Å². The second-order valence-electron chi connectivity index (χ2n) is 12.9. The molecule has 262 valence electrons. The largest absolute Gasteiger partial charge is 0.488 e. The van der Waals surface area contributed by atoms with Gasteiger partial charge < -0.3 is 24.4 Å². The second kappa shape index (κ2) is 14.0. The fraction of sp³-hybridized carbons (Fsp3) is 0.389. The Hall–Kier alpha value is -5.08. The van der Waals surface area contributed by atoms with Gasteiger partial charge in [-0.2, -0.15) is 10.2 Å². The number of hydrogen-bond donors (Lipinski definition) is 1. The van der Waals surface area contributed by atoms with E-state index >= 15 is 0 Å². The molecule has 4 atom stereocenters. The topological polar surface area (TPSA) is 116 Å². The fourth-order valence-electron chi connectivity index (χ4n) is 7.05. The van der Waals surface area contributed by atoms with Gasteiger partial charge in [0.15, 0.2) is 0 Å². The van der Waals surface area contributed by atoms with E-state index in [9.17, 15) is 18.7 Å². The summed E-state index contributed by atoms with van der Waals surface area (Å²) in [4.78, 5) is 21.6. The maximum absolute atomic E-state index is 15.0. The van der Waals surface area contributed by atoms with Crippen molar-refractivity contribution in [3.63, 3.8) is 0 Å². The van der Waals surface area contributed by atoms with Crippen molar-refractivity contribution in [2.75, 3.05) is 42.6 Å². The molecule has 0 bridgehead atoms. The normalized spacial score (nSPS) is 20.6. The van der Waals surface area contributed by atoms with Crippen LogP contribution in [0.2, 0.25) is 0 Å². The predicted molar refractivity (Wildman–Crippen MR) is 183 cm³/mol. The van der Waals surface area contributed by atoms with Gasteiger partial charge in [-0.3, -0.25) is 0 Å². The monoisotopic (exact) mass is 686 g/mol. The molecule has 0 saturated carbocycles. The number of aliphatic hydroxyl groups is 1. The summed E-state index contributed by atoms with van der Waals surface area (Å²) < 4.78 is 45.7. The minimum atomic E-state index is -1.09. The summed E-state index contributed by atoms with van der Waals surface area (Å²) in [7, 11) is 0. The molecule has 2 aliphatic rings. The summed E-state index contributed by atoms with van der Waals surface area (Å²) in [5.41, 5.74) is 1.78. The standard InChI is InChI=1S/C36H40F2N8O4/c1-3-34(25(2)47)46-35(48)45(24-41-46)29-7-5-27(6-8-29)42-14-16-43(17-15-42)28-9-11-30(12-10-28)50-31-19-36(49-20-31,21-44-23-39-22-40-44)32-13-4-26(37)18-33(32)38/h4-13,18,22-25,31,34,47H,3,14-17,19-21H2,1-2H3/t25-,31-,34-,36-/m0/s1. The highest BCUT2D eigenvalue weighted by Gasteiger charge is 2.45. The summed E-state index contributed by atoms with van der Waals surface area (Å²) in [5, 5.41) is 18.5. The van der Waals surface area contributed by atoms with Gasteiger partial charge in [0.1, 0.15) is 48.1 Å². The maximum atomic E-state index is 15.0. The molecule has 2 fully saturated rings. The minimum absolute atomic E-state index is 0.209. The SMILES string of the molecule is CC[C@@H]([C@H](C)O)n1ncn(-c2ccc(N3CCN(c4ccc(O[C@@H]5CO[C@@](Cn6cncn6)(c6ccc(F)cc6F)C5)cc4)CC3)cc2)c1=O. The number of nitrogens with zero attached hydrogens (tertiary/aromatic N) is 8. The molecule has 2 saturated heterocycles. The molecule has 7 rings (SSSR count). The van der Waals surface area contributed by atoms with E-state index in [2.05, 4.69) is 25.0 Å². The Kier molecular flexibility index (Phi) is 9.38. The number of piperazine rings is 1. The van der Waals surface area contributed by atoms with Gasteiger partial charge >= 0.3 is 5.69 Å². The highest BCUT2D eigenvalue weighted by atomic mass is 19.1. The van der Waals surface area contributed by atoms with Crippen molar-refractivity contribution < 1.29 is 23.4 Å². The third kappa shape index (κ3) is 6.72. The van der Waals surface area contributed by atoms with Crippen LogP contribution in [0.5, 0.6) is 5.75 Å². The Labute approximate surface area is 288 Å². The molecule has 1 N–H and O–H groups in total. The molecule has 4 heterocycles. The molecule has 0 radical (unpaired) electrons. The lowest BCUT2D eigenvalue weighted by Gasteiger charge is -2.37. The molecule has 14 heteroatoms. The zero-order chi connectivity index (χ0) is 34.8. The van der Waals surface area contributed by atoms with Crippen molar-refractivity contribution in [1.29, 1.82) is 0 Å². The Morgan fingerprint density at radius 1 is 0.940 bits per heavy atom. The quantitative estimate of drug-likeness (QED) is 0.217. The van der Waals surface area contributed by atoms with E-state index in [-0.39, 0.29) is 36.6 Å². The van der Waals surface area contributed by atoms with Gasteiger partial charge in [0, 0.05) is 55.6 Å². The van der Waals surface area contributed by atoms with E-state index in [1.807, 2.05) is 55.5 Å². The Balaban J connectivity index is 0.954. The van der Waals surface area contributed by atoms with Gasteiger partial charge in [0.05, 0.1) is 31.0 Å². The molecular weight excluding hydrogens is 646 g/mol. The Morgan fingerprint density at radius 2 is 1.60 bits per heavy atom. The zero-order valence-corrected chi connectivity index (χ0v) is 28.0. The van der Waals surface area contributed by atoms with Gasteiger partial charge in [0.25, 0.3) is 0 Å². The third-order valence-corrected chi connectivity index (χ3v) is 9.67. The second-order valence-corrected chi connectivity index (χ2v) is 12.9. The van der Waals surface area contributed by atoms with Crippen molar-refractivity contribution in [2.45, 2.75) is 57.1 Å². The van der Waals surface area contributed by atoms with Crippen LogP contribution in [0.15, 0.2) is 90.5 Å². The van der Waals surface area contributed by atoms with Gasteiger partial charge in [-0.1, -0.05) is 13.0 Å². The molecule has 0 amide bonds. The molecule has 5 aromatic rings. The van der Waals surface area contributed by atoms with E-state index in [0.717, 1.165) is 49.3 Å². The Bertz CT molecular complexity index is 1940. The van der Waals surface area contributed by atoms with Crippen molar-refractivity contribution in [3.8, 4) is 11.4 Å². The lowest BCUT2D eigenvalue weighted by Crippen LogP contribution is -2.46. The number of ether oxygens (including phenoxy) is 2. The van der Waals surface area contributed by atoms with E-state index < -0.39 is 23.3 Å². The molecule has 2 aromatic heterocycles. The van der Waals surface area contributed by atoms with Crippen molar-refractivity contribution >= 4 is 11.4 Å². The zero-order valence-electron chi connectivity index (χ0n) is 28.0. The first kappa shape index (κ1) is 33.4. The maximum Gasteiger partial charge on any atom is 0.350 e. The van der Waals surface area contributed by atoms with Gasteiger partial charge in [-0.05, 0) is 67.9 Å². The van der Waals surface area contributed by atoms with Crippen LogP contribution in [-0.4, -0.2) is 79.2 Å². The first-order chi connectivity index (χ1) is 24.2. The first-order valence-corrected chi connectivity index (χ1v) is 16.9. The number of aromatic nitrogens is 6. The highest BCUT2D eigenvalue weighted by Crippen LogP contribution is 2.41. The van der Waals surface area contributed by atoms with Crippen LogP contribution in [0.4, 0.5) is 20.2 Å². The summed E-state index contributed by atoms with van der Waals surface area (Å²) in [6.07, 6.45) is 4.37. The van der Waals surface area contributed by atoms with E-state index in [4.69, 9.17) is 9.47 Å². The molecule has 12 nitrogen and oxygen atoms in total. The average Bonchev–Trinajstić information content (AvgIpc) is 3.87. The molecule has 0 aliphatic carbocycles. The average molecular weight is 687 g/mol. The molecular formula is C36H40F2N8O4. The van der Waals surface area contributed by atoms with Gasteiger partial charge in [-0.25, -0.2) is 32.5 Å². The van der Waals surface area contributed by atoms with Crippen LogP contribution in [0.25, 0.3) is 5.69 Å². The van der Waals surface area contributed by atoms with Crippen LogP contribution in [0, 0.1) is 11.6 Å². The summed E-state index contributed by atoms with van der Waals surface area (Å²) in [6, 6.07) is 19.0. The third-order valence-electron chi connectivity index (χ3n) is 9.67.